The molecule has 0 saturated carbocycles. The molecule has 0 fully saturated rings. The minimum atomic E-state index is -3.74. The van der Waals surface area contributed by atoms with Gasteiger partial charge in [-0.25, -0.2) is 8.42 Å². The van der Waals surface area contributed by atoms with Crippen molar-refractivity contribution in [3.63, 3.8) is 0 Å². The lowest BCUT2D eigenvalue weighted by molar-refractivity contribution is -0.125. The first-order chi connectivity index (χ1) is 14.4. The fraction of sp³-hybridized carbons (Fsp3) is 0.136. The number of carbonyl (C=O) groups is 1. The number of ether oxygens (including phenoxy) is 2. The molecule has 0 aliphatic carbocycles. The number of hydrogen-bond donors (Lipinski definition) is 2. The topological polar surface area (TPSA) is 93.7 Å². The van der Waals surface area contributed by atoms with Crippen LogP contribution in [0.2, 0.25) is 0 Å². The Morgan fingerprint density at radius 1 is 0.933 bits per heavy atom. The summed E-state index contributed by atoms with van der Waals surface area (Å²) in [7, 11) is -3.74. The Labute approximate surface area is 174 Å². The van der Waals surface area contributed by atoms with Crippen LogP contribution in [0.25, 0.3) is 0 Å². The van der Waals surface area contributed by atoms with Gasteiger partial charge in [0.2, 0.25) is 6.10 Å². The number of aryl methyl sites for hydroxylation is 1. The predicted molar refractivity (Wildman–Crippen MR) is 113 cm³/mol. The fourth-order valence-corrected chi connectivity index (χ4v) is 4.06. The highest BCUT2D eigenvalue weighted by Gasteiger charge is 2.27. The van der Waals surface area contributed by atoms with Crippen molar-refractivity contribution in [2.24, 2.45) is 0 Å². The number of carbonyl (C=O) groups excluding carboxylic acids is 1. The lowest BCUT2D eigenvalue weighted by Gasteiger charge is -2.25. The zero-order valence-electron chi connectivity index (χ0n) is 16.2. The molecule has 0 aromatic heterocycles. The molecule has 0 spiro atoms. The number of para-hydroxylation sites is 2. The number of benzene rings is 3. The van der Waals surface area contributed by atoms with E-state index in [4.69, 9.17) is 9.47 Å². The monoisotopic (exact) mass is 424 g/mol. The van der Waals surface area contributed by atoms with Gasteiger partial charge in [-0.15, -0.1) is 0 Å². The van der Waals surface area contributed by atoms with Gasteiger partial charge in [-0.3, -0.25) is 9.52 Å². The van der Waals surface area contributed by atoms with E-state index >= 15 is 0 Å². The van der Waals surface area contributed by atoms with E-state index in [0.29, 0.717) is 22.9 Å². The van der Waals surface area contributed by atoms with Crippen molar-refractivity contribution in [2.45, 2.75) is 17.9 Å². The molecular formula is C22H20N2O5S. The molecule has 7 nitrogen and oxygen atoms in total. The van der Waals surface area contributed by atoms with Gasteiger partial charge in [0, 0.05) is 11.4 Å². The van der Waals surface area contributed by atoms with Gasteiger partial charge in [0.15, 0.2) is 11.5 Å². The standard InChI is InChI=1S/C22H20N2O5S/c1-15-5-4-6-17(13-15)24-30(26,27)18-11-9-16(10-12-18)23-22(25)21-14-28-19-7-2-3-8-20(19)29-21/h2-13,21,24H,14H2,1H3,(H,23,25)/t21-/m0/s1. The van der Waals surface area contributed by atoms with E-state index in [2.05, 4.69) is 10.0 Å². The summed E-state index contributed by atoms with van der Waals surface area (Å²) >= 11 is 0. The van der Waals surface area contributed by atoms with Gasteiger partial charge < -0.3 is 14.8 Å². The van der Waals surface area contributed by atoms with Crippen molar-refractivity contribution in [2.75, 3.05) is 16.6 Å². The average molecular weight is 424 g/mol. The van der Waals surface area contributed by atoms with Crippen LogP contribution in [0, 0.1) is 6.92 Å². The molecule has 8 heteroatoms. The average Bonchev–Trinajstić information content (AvgIpc) is 2.73. The number of rotatable bonds is 5. The molecule has 0 unspecified atom stereocenters. The van der Waals surface area contributed by atoms with Crippen molar-refractivity contribution in [3.8, 4) is 11.5 Å². The van der Waals surface area contributed by atoms with E-state index in [1.54, 1.807) is 36.4 Å². The van der Waals surface area contributed by atoms with E-state index in [0.717, 1.165) is 5.56 Å². The molecule has 1 aliphatic heterocycles. The maximum atomic E-state index is 12.6. The second-order valence-electron chi connectivity index (χ2n) is 6.85. The molecule has 0 bridgehead atoms. The third-order valence-corrected chi connectivity index (χ3v) is 5.90. The summed E-state index contributed by atoms with van der Waals surface area (Å²) in [5, 5.41) is 2.72. The van der Waals surface area contributed by atoms with Crippen LogP contribution < -0.4 is 19.5 Å². The molecular weight excluding hydrogens is 404 g/mol. The molecule has 2 N–H and O–H groups in total. The maximum absolute atomic E-state index is 12.6. The predicted octanol–water partition coefficient (Wildman–Crippen LogP) is 3.57. The Hall–Kier alpha value is -3.52. The maximum Gasteiger partial charge on any atom is 0.269 e. The van der Waals surface area contributed by atoms with Crippen LogP contribution in [0.1, 0.15) is 5.56 Å². The van der Waals surface area contributed by atoms with E-state index in [9.17, 15) is 13.2 Å². The van der Waals surface area contributed by atoms with Crippen molar-refractivity contribution in [1.82, 2.24) is 0 Å². The third-order valence-electron chi connectivity index (χ3n) is 4.50. The molecule has 0 saturated heterocycles. The van der Waals surface area contributed by atoms with Crippen LogP contribution in [-0.2, 0) is 14.8 Å². The Morgan fingerprint density at radius 3 is 2.40 bits per heavy atom. The number of anilines is 2. The number of nitrogens with one attached hydrogen (secondary N) is 2. The summed E-state index contributed by atoms with van der Waals surface area (Å²) in [5.74, 6) is 0.725. The highest BCUT2D eigenvalue weighted by molar-refractivity contribution is 7.92. The molecule has 3 aromatic rings. The van der Waals surface area contributed by atoms with Gasteiger partial charge in [-0.05, 0) is 61.0 Å². The van der Waals surface area contributed by atoms with E-state index in [1.165, 1.54) is 24.3 Å². The zero-order chi connectivity index (χ0) is 21.1. The van der Waals surface area contributed by atoms with Crippen molar-refractivity contribution < 1.29 is 22.7 Å². The molecule has 1 atom stereocenters. The number of amides is 1. The number of hydrogen-bond acceptors (Lipinski definition) is 5. The Kier molecular flexibility index (Phi) is 5.33. The largest absolute Gasteiger partial charge is 0.485 e. The highest BCUT2D eigenvalue weighted by Crippen LogP contribution is 2.31. The van der Waals surface area contributed by atoms with Crippen molar-refractivity contribution in [3.05, 3.63) is 78.4 Å². The van der Waals surface area contributed by atoms with Crippen molar-refractivity contribution in [1.29, 1.82) is 0 Å². The second kappa shape index (κ2) is 8.08. The molecule has 4 rings (SSSR count). The molecule has 1 amide bonds. The SMILES string of the molecule is Cc1cccc(NS(=O)(=O)c2ccc(NC(=O)[C@@H]3COc4ccccc4O3)cc2)c1. The molecule has 1 aliphatic rings. The summed E-state index contributed by atoms with van der Waals surface area (Å²) in [5.41, 5.74) is 1.89. The normalized spacial score (nSPS) is 15.3. The molecule has 154 valence electrons. The van der Waals surface area contributed by atoms with Crippen LogP contribution >= 0.6 is 0 Å². The first-order valence-electron chi connectivity index (χ1n) is 9.30. The van der Waals surface area contributed by atoms with E-state index in [1.807, 2.05) is 19.1 Å². The minimum Gasteiger partial charge on any atom is -0.485 e. The van der Waals surface area contributed by atoms with Gasteiger partial charge in [-0.2, -0.15) is 0 Å². The van der Waals surface area contributed by atoms with Gasteiger partial charge in [0.1, 0.15) is 6.61 Å². The van der Waals surface area contributed by atoms with E-state index < -0.39 is 16.1 Å². The third kappa shape index (κ3) is 4.38. The second-order valence-corrected chi connectivity index (χ2v) is 8.54. The van der Waals surface area contributed by atoms with Crippen molar-refractivity contribution >= 4 is 27.3 Å². The summed E-state index contributed by atoms with van der Waals surface area (Å²) in [6.45, 7) is 1.98. The Morgan fingerprint density at radius 2 is 1.67 bits per heavy atom. The zero-order valence-corrected chi connectivity index (χ0v) is 17.0. The van der Waals surface area contributed by atoms with Gasteiger partial charge in [0.05, 0.1) is 4.90 Å². The lowest BCUT2D eigenvalue weighted by Crippen LogP contribution is -2.40. The first-order valence-corrected chi connectivity index (χ1v) is 10.8. The quantitative estimate of drug-likeness (QED) is 0.653. The van der Waals surface area contributed by atoms with Gasteiger partial charge in [0.25, 0.3) is 15.9 Å². The summed E-state index contributed by atoms with van der Waals surface area (Å²) < 4.78 is 38.9. The Balaban J connectivity index is 1.42. The molecule has 1 heterocycles. The van der Waals surface area contributed by atoms with Gasteiger partial charge in [-0.1, -0.05) is 24.3 Å². The Bertz CT molecular complexity index is 1180. The van der Waals surface area contributed by atoms with Crippen LogP contribution in [0.3, 0.4) is 0 Å². The van der Waals surface area contributed by atoms with Crippen LogP contribution in [0.4, 0.5) is 11.4 Å². The van der Waals surface area contributed by atoms with Crippen LogP contribution in [-0.4, -0.2) is 27.0 Å². The van der Waals surface area contributed by atoms with E-state index in [-0.39, 0.29) is 17.4 Å². The number of sulfonamides is 1. The van der Waals surface area contributed by atoms with Crippen LogP contribution in [0.15, 0.2) is 77.7 Å². The first kappa shape index (κ1) is 19.8. The summed E-state index contributed by atoms with van der Waals surface area (Å²) in [4.78, 5) is 12.6. The molecule has 0 radical (unpaired) electrons. The van der Waals surface area contributed by atoms with Crippen LogP contribution in [0.5, 0.6) is 11.5 Å². The summed E-state index contributed by atoms with van der Waals surface area (Å²) in [6, 6.07) is 20.1. The number of fused-ring (bicyclic) bond motifs is 1. The summed E-state index contributed by atoms with van der Waals surface area (Å²) in [6.07, 6.45) is -0.800. The smallest absolute Gasteiger partial charge is 0.269 e. The lowest BCUT2D eigenvalue weighted by atomic mass is 10.2. The minimum absolute atomic E-state index is 0.0909. The molecule has 30 heavy (non-hydrogen) atoms. The fourth-order valence-electron chi connectivity index (χ4n) is 3.01. The highest BCUT2D eigenvalue weighted by atomic mass is 32.2. The molecule has 3 aromatic carbocycles. The van der Waals surface area contributed by atoms with Gasteiger partial charge >= 0.3 is 0 Å².